The predicted octanol–water partition coefficient (Wildman–Crippen LogP) is 2.17. The molecule has 4 fully saturated rings. The quantitative estimate of drug-likeness (QED) is 0.291. The minimum absolute atomic E-state index is 0.00933. The highest BCUT2D eigenvalue weighted by Crippen LogP contribution is 2.66. The second-order valence-corrected chi connectivity index (χ2v) is 13.9. The molecule has 4 aliphatic carbocycles. The summed E-state index contributed by atoms with van der Waals surface area (Å²) in [6.45, 7) is 7.68. The molecule has 1 saturated heterocycles. The van der Waals surface area contributed by atoms with Crippen molar-refractivity contribution in [3.63, 3.8) is 0 Å². The zero-order chi connectivity index (χ0) is 27.8. The number of carbonyl (C=O) groups excluding carboxylic acids is 1. The molecule has 1 heterocycles. The van der Waals surface area contributed by atoms with Gasteiger partial charge in [-0.1, -0.05) is 25.5 Å². The summed E-state index contributed by atoms with van der Waals surface area (Å²) in [7, 11) is -4.63. The molecular weight excluding hydrogens is 516 g/mol. The van der Waals surface area contributed by atoms with Gasteiger partial charge in [-0.2, -0.15) is 8.42 Å². The Bertz CT molecular complexity index is 1080. The first kappa shape index (κ1) is 28.6. The number of hydrogen-bond donors (Lipinski definition) is 4. The fraction of sp³-hybridized carbons (Fsp3) is 0.889. The topological polar surface area (TPSA) is 160 Å². The highest BCUT2D eigenvalue weighted by molar-refractivity contribution is 7.80. The Labute approximate surface area is 224 Å². The molecule has 0 aromatic carbocycles. The first-order valence-corrected chi connectivity index (χ1v) is 15.2. The molecule has 11 heteroatoms. The van der Waals surface area contributed by atoms with Crippen molar-refractivity contribution in [2.75, 3.05) is 0 Å². The lowest BCUT2D eigenvalue weighted by molar-refractivity contribution is -0.315. The van der Waals surface area contributed by atoms with Gasteiger partial charge in [0.1, 0.15) is 24.1 Å². The van der Waals surface area contributed by atoms with Crippen LogP contribution in [0.2, 0.25) is 0 Å². The Balaban J connectivity index is 1.49. The summed E-state index contributed by atoms with van der Waals surface area (Å²) >= 11 is 0. The van der Waals surface area contributed by atoms with E-state index in [1.54, 1.807) is 13.8 Å². The third-order valence-corrected chi connectivity index (χ3v) is 11.4. The number of ketones is 1. The molecule has 4 N–H and O–H groups in total. The molecular formula is C27H42O10S. The van der Waals surface area contributed by atoms with Crippen molar-refractivity contribution in [3.05, 3.63) is 11.6 Å². The summed E-state index contributed by atoms with van der Waals surface area (Å²) in [5.74, 6) is 0.473. The molecule has 1 aliphatic heterocycles. The number of rotatable bonds is 5. The maximum Gasteiger partial charge on any atom is 0.397 e. The van der Waals surface area contributed by atoms with Crippen molar-refractivity contribution in [2.45, 2.75) is 116 Å². The van der Waals surface area contributed by atoms with Crippen molar-refractivity contribution in [2.24, 2.45) is 34.5 Å². The smallest absolute Gasteiger partial charge is 0.388 e. The van der Waals surface area contributed by atoms with Crippen LogP contribution in [0.5, 0.6) is 0 Å². The maximum atomic E-state index is 12.5. The van der Waals surface area contributed by atoms with Crippen LogP contribution in [0.3, 0.4) is 0 Å². The number of hydrogen-bond acceptors (Lipinski definition) is 9. The summed E-state index contributed by atoms with van der Waals surface area (Å²) < 4.78 is 49.6. The number of fused-ring (bicyclic) bond motifs is 5. The highest BCUT2D eigenvalue weighted by atomic mass is 32.3. The number of aliphatic hydroxyl groups excluding tert-OH is 3. The van der Waals surface area contributed by atoms with Crippen molar-refractivity contribution >= 4 is 16.2 Å². The van der Waals surface area contributed by atoms with Crippen LogP contribution < -0.4 is 0 Å². The third kappa shape index (κ3) is 4.70. The molecule has 5 aliphatic rings. The number of ether oxygens (including phenoxy) is 2. The first-order valence-electron chi connectivity index (χ1n) is 13.9. The molecule has 13 atom stereocenters. The van der Waals surface area contributed by atoms with E-state index < -0.39 is 53.3 Å². The van der Waals surface area contributed by atoms with E-state index in [0.717, 1.165) is 19.3 Å². The molecule has 0 spiro atoms. The lowest BCUT2D eigenvalue weighted by Gasteiger charge is -2.59. The molecule has 216 valence electrons. The van der Waals surface area contributed by atoms with E-state index in [4.69, 9.17) is 13.7 Å². The minimum atomic E-state index is -4.63. The molecule has 38 heavy (non-hydrogen) atoms. The van der Waals surface area contributed by atoms with E-state index in [2.05, 4.69) is 19.9 Å². The van der Waals surface area contributed by atoms with Gasteiger partial charge in [0.25, 0.3) is 0 Å². The van der Waals surface area contributed by atoms with Gasteiger partial charge in [-0.15, -0.1) is 0 Å². The van der Waals surface area contributed by atoms with E-state index in [9.17, 15) is 33.1 Å². The average molecular weight is 559 g/mol. The van der Waals surface area contributed by atoms with Gasteiger partial charge >= 0.3 is 10.4 Å². The molecule has 0 bridgehead atoms. The van der Waals surface area contributed by atoms with Crippen LogP contribution >= 0.6 is 0 Å². The van der Waals surface area contributed by atoms with E-state index in [-0.39, 0.29) is 40.3 Å². The van der Waals surface area contributed by atoms with Gasteiger partial charge in [0.15, 0.2) is 6.29 Å². The summed E-state index contributed by atoms with van der Waals surface area (Å²) in [6.07, 6.45) is -0.320. The molecule has 0 aromatic heterocycles. The van der Waals surface area contributed by atoms with Crippen LogP contribution in [-0.4, -0.2) is 77.0 Å². The van der Waals surface area contributed by atoms with Crippen molar-refractivity contribution in [1.82, 2.24) is 0 Å². The monoisotopic (exact) mass is 558 g/mol. The highest BCUT2D eigenvalue weighted by Gasteiger charge is 2.61. The molecule has 10 nitrogen and oxygen atoms in total. The standard InChI is InChI=1S/C27H42O10S/c1-13(28)17-5-6-18-16-12-21(36-25-24(31)23(30)22(29)14(2)35-25)20-11-15(37-38(32,33)34)7-9-27(20,4)19(16)8-10-26(17,18)3/h8,14-18,20-25,29-31H,5-7,9-12H2,1-4H3,(H,32,33,34)/t14-,15-,16-,17+,18-,20+,21-,22-,23+,24-,25+,26+,27+/m0/s1. The van der Waals surface area contributed by atoms with E-state index >= 15 is 0 Å². The minimum Gasteiger partial charge on any atom is -0.388 e. The molecule has 3 saturated carbocycles. The van der Waals surface area contributed by atoms with Crippen LogP contribution in [-0.2, 0) is 28.9 Å². The fourth-order valence-electron chi connectivity index (χ4n) is 8.88. The van der Waals surface area contributed by atoms with Crippen LogP contribution in [0.1, 0.15) is 72.6 Å². The van der Waals surface area contributed by atoms with E-state index in [1.165, 1.54) is 5.57 Å². The van der Waals surface area contributed by atoms with Gasteiger partial charge in [-0.05, 0) is 87.4 Å². The second kappa shape index (κ2) is 9.87. The van der Waals surface area contributed by atoms with Crippen molar-refractivity contribution in [3.8, 4) is 0 Å². The average Bonchev–Trinajstić information content (AvgIpc) is 3.18. The number of carbonyl (C=O) groups is 1. The molecule has 0 aromatic rings. The van der Waals surface area contributed by atoms with Gasteiger partial charge in [0.05, 0.1) is 18.3 Å². The Morgan fingerprint density at radius 2 is 1.76 bits per heavy atom. The lowest BCUT2D eigenvalue weighted by Crippen LogP contribution is -2.60. The molecule has 5 rings (SSSR count). The van der Waals surface area contributed by atoms with Crippen LogP contribution in [0.15, 0.2) is 11.6 Å². The number of allylic oxidation sites excluding steroid dienone is 2. The zero-order valence-electron chi connectivity index (χ0n) is 22.5. The normalized spacial score (nSPS) is 50.9. The van der Waals surface area contributed by atoms with Gasteiger partial charge in [-0.25, -0.2) is 4.18 Å². The van der Waals surface area contributed by atoms with Crippen molar-refractivity contribution in [1.29, 1.82) is 0 Å². The number of aliphatic hydroxyl groups is 3. The largest absolute Gasteiger partial charge is 0.397 e. The Morgan fingerprint density at radius 3 is 2.42 bits per heavy atom. The fourth-order valence-corrected chi connectivity index (χ4v) is 9.40. The van der Waals surface area contributed by atoms with Crippen molar-refractivity contribution < 1.29 is 46.7 Å². The van der Waals surface area contributed by atoms with Crippen LogP contribution in [0.4, 0.5) is 0 Å². The lowest BCUT2D eigenvalue weighted by atomic mass is 9.48. The Morgan fingerprint density at radius 1 is 1.05 bits per heavy atom. The van der Waals surface area contributed by atoms with Gasteiger partial charge in [0.2, 0.25) is 0 Å². The van der Waals surface area contributed by atoms with E-state index in [0.29, 0.717) is 25.7 Å². The third-order valence-electron chi connectivity index (χ3n) is 10.8. The molecule has 0 amide bonds. The molecule has 0 unspecified atom stereocenters. The van der Waals surface area contributed by atoms with Crippen LogP contribution in [0.25, 0.3) is 0 Å². The van der Waals surface area contributed by atoms with E-state index in [1.807, 2.05) is 0 Å². The zero-order valence-corrected chi connectivity index (χ0v) is 23.3. The maximum absolute atomic E-state index is 12.5. The predicted molar refractivity (Wildman–Crippen MR) is 135 cm³/mol. The summed E-state index contributed by atoms with van der Waals surface area (Å²) in [6, 6.07) is 0. The van der Waals surface area contributed by atoms with Crippen LogP contribution in [0, 0.1) is 34.5 Å². The second-order valence-electron chi connectivity index (χ2n) is 12.9. The summed E-state index contributed by atoms with van der Waals surface area (Å²) in [4.78, 5) is 12.5. The Kier molecular flexibility index (Phi) is 7.43. The summed E-state index contributed by atoms with van der Waals surface area (Å²) in [5.41, 5.74) is 0.841. The first-order chi connectivity index (χ1) is 17.7. The van der Waals surface area contributed by atoms with Gasteiger partial charge < -0.3 is 24.8 Å². The number of Topliss-reactive ketones (excluding diaryl/α,β-unsaturated/α-hetero) is 1. The summed E-state index contributed by atoms with van der Waals surface area (Å²) in [5, 5.41) is 31.2. The van der Waals surface area contributed by atoms with Gasteiger partial charge in [0, 0.05) is 5.92 Å². The molecule has 0 radical (unpaired) electrons. The van der Waals surface area contributed by atoms with Gasteiger partial charge in [-0.3, -0.25) is 9.35 Å². The Hall–Kier alpha value is -0.920. The SMILES string of the molecule is CC(=O)[C@H]1CC[C@H]2[C@@H]3C[C@H](O[C@H]4O[C@@H](C)[C@H](O)[C@@H](O)[C@@H]4O)[C@H]4C[C@@H](OS(=O)(=O)O)CC[C@]4(C)C3=CC[C@]12C.